The van der Waals surface area contributed by atoms with Crippen LogP contribution < -0.4 is 9.64 Å². The molecule has 0 saturated carbocycles. The molecule has 2 aromatic carbocycles. The standard InChI is InChI=1S/C24H23N3O3S2/c1-30-20-11-5-8-18(16-20)17-21-23(29)27(24(31)32-21)14-6-12-22(28)26(15-7-13-25)19-9-3-2-4-10-19/h2-5,8-11,16-17H,6-7,12,14-15H2,1H3/b21-17-. The lowest BCUT2D eigenvalue weighted by Gasteiger charge is -2.22. The van der Waals surface area contributed by atoms with E-state index in [2.05, 4.69) is 6.07 Å². The Balaban J connectivity index is 1.60. The van der Waals surface area contributed by atoms with Gasteiger partial charge in [-0.1, -0.05) is 54.3 Å². The Morgan fingerprint density at radius 1 is 1.25 bits per heavy atom. The zero-order valence-corrected chi connectivity index (χ0v) is 19.3. The summed E-state index contributed by atoms with van der Waals surface area (Å²) >= 11 is 6.66. The van der Waals surface area contributed by atoms with Gasteiger partial charge < -0.3 is 9.64 Å². The molecular weight excluding hydrogens is 442 g/mol. The summed E-state index contributed by atoms with van der Waals surface area (Å²) < 4.78 is 5.72. The molecule has 1 aliphatic rings. The highest BCUT2D eigenvalue weighted by Crippen LogP contribution is 2.33. The van der Waals surface area contributed by atoms with Crippen LogP contribution in [0.1, 0.15) is 24.8 Å². The molecule has 3 rings (SSSR count). The number of rotatable bonds is 9. The number of benzene rings is 2. The number of carbonyl (C=O) groups excluding carboxylic acids is 2. The molecule has 2 aromatic rings. The van der Waals surface area contributed by atoms with Crippen LogP contribution in [0.15, 0.2) is 59.5 Å². The van der Waals surface area contributed by atoms with Crippen LogP contribution in [0.3, 0.4) is 0 Å². The van der Waals surface area contributed by atoms with E-state index in [1.807, 2.05) is 54.6 Å². The number of hydrogen-bond acceptors (Lipinski definition) is 6. The van der Waals surface area contributed by atoms with Crippen molar-refractivity contribution < 1.29 is 14.3 Å². The highest BCUT2D eigenvalue weighted by Gasteiger charge is 2.31. The lowest BCUT2D eigenvalue weighted by Crippen LogP contribution is -2.33. The number of amides is 2. The van der Waals surface area contributed by atoms with Crippen molar-refractivity contribution in [2.24, 2.45) is 0 Å². The Bertz CT molecular complexity index is 1060. The van der Waals surface area contributed by atoms with Crippen molar-refractivity contribution in [2.45, 2.75) is 19.3 Å². The molecule has 0 radical (unpaired) electrons. The summed E-state index contributed by atoms with van der Waals surface area (Å²) in [7, 11) is 1.60. The molecule has 32 heavy (non-hydrogen) atoms. The number of thiocarbonyl (C=S) groups is 1. The summed E-state index contributed by atoms with van der Waals surface area (Å²) in [5.74, 6) is 0.482. The SMILES string of the molecule is COc1cccc(/C=C2\SC(=S)N(CCCC(=O)N(CCC#N)c3ccccc3)C2=O)c1. The third-order valence-electron chi connectivity index (χ3n) is 4.85. The van der Waals surface area contributed by atoms with Crippen LogP contribution in [-0.2, 0) is 9.59 Å². The van der Waals surface area contributed by atoms with Crippen molar-refractivity contribution in [1.82, 2.24) is 4.90 Å². The molecular formula is C24H23N3O3S2. The van der Waals surface area contributed by atoms with Crippen molar-refractivity contribution >= 4 is 51.9 Å². The molecule has 8 heteroatoms. The highest BCUT2D eigenvalue weighted by molar-refractivity contribution is 8.26. The first kappa shape index (κ1) is 23.5. The van der Waals surface area contributed by atoms with Gasteiger partial charge in [0, 0.05) is 25.2 Å². The van der Waals surface area contributed by atoms with Crippen molar-refractivity contribution in [1.29, 1.82) is 5.26 Å². The Morgan fingerprint density at radius 3 is 2.75 bits per heavy atom. The van der Waals surface area contributed by atoms with Crippen LogP contribution in [0.2, 0.25) is 0 Å². The molecule has 1 heterocycles. The normalized spacial score (nSPS) is 14.5. The molecule has 0 aliphatic carbocycles. The quantitative estimate of drug-likeness (QED) is 0.397. The minimum atomic E-state index is -0.153. The molecule has 2 amide bonds. The van der Waals surface area contributed by atoms with Crippen LogP contribution in [0, 0.1) is 11.3 Å². The molecule has 0 N–H and O–H groups in total. The number of carbonyl (C=O) groups is 2. The Morgan fingerprint density at radius 2 is 2.03 bits per heavy atom. The fraction of sp³-hybridized carbons (Fsp3) is 0.250. The first-order valence-electron chi connectivity index (χ1n) is 10.1. The van der Waals surface area contributed by atoms with Gasteiger partial charge in [0.1, 0.15) is 10.1 Å². The molecule has 0 atom stereocenters. The Labute approximate surface area is 197 Å². The van der Waals surface area contributed by atoms with E-state index in [1.165, 1.54) is 11.8 Å². The molecule has 0 bridgehead atoms. The fourth-order valence-corrected chi connectivity index (χ4v) is 4.57. The van der Waals surface area contributed by atoms with Gasteiger partial charge in [0.15, 0.2) is 0 Å². The fourth-order valence-electron chi connectivity index (χ4n) is 3.27. The maximum Gasteiger partial charge on any atom is 0.266 e. The van der Waals surface area contributed by atoms with E-state index in [0.29, 0.717) is 34.5 Å². The van der Waals surface area contributed by atoms with Gasteiger partial charge in [0.25, 0.3) is 5.91 Å². The van der Waals surface area contributed by atoms with Gasteiger partial charge >= 0.3 is 0 Å². The number of nitriles is 1. The zero-order chi connectivity index (χ0) is 22.9. The number of para-hydroxylation sites is 1. The smallest absolute Gasteiger partial charge is 0.266 e. The maximum absolute atomic E-state index is 12.8. The third-order valence-corrected chi connectivity index (χ3v) is 6.23. The van der Waals surface area contributed by atoms with E-state index in [9.17, 15) is 9.59 Å². The maximum atomic E-state index is 12.8. The first-order valence-corrected chi connectivity index (χ1v) is 11.4. The lowest BCUT2D eigenvalue weighted by molar-refractivity contribution is -0.123. The van der Waals surface area contributed by atoms with E-state index in [0.717, 1.165) is 11.3 Å². The average molecular weight is 466 g/mol. The first-order chi connectivity index (χ1) is 15.5. The molecule has 164 valence electrons. The minimum absolute atomic E-state index is 0.0798. The summed E-state index contributed by atoms with van der Waals surface area (Å²) in [6.07, 6.45) is 2.79. The molecule has 0 aromatic heterocycles. The minimum Gasteiger partial charge on any atom is -0.497 e. The van der Waals surface area contributed by atoms with Crippen LogP contribution in [0.4, 0.5) is 5.69 Å². The molecule has 6 nitrogen and oxygen atoms in total. The molecule has 0 spiro atoms. The summed E-state index contributed by atoms with van der Waals surface area (Å²) in [6.45, 7) is 0.705. The van der Waals surface area contributed by atoms with Gasteiger partial charge in [-0.15, -0.1) is 0 Å². The van der Waals surface area contributed by atoms with Crippen LogP contribution >= 0.6 is 24.0 Å². The topological polar surface area (TPSA) is 73.6 Å². The predicted molar refractivity (Wildman–Crippen MR) is 131 cm³/mol. The Hall–Kier alpha value is -3.15. The summed E-state index contributed by atoms with van der Waals surface area (Å²) in [5, 5.41) is 8.92. The number of hydrogen-bond donors (Lipinski definition) is 0. The molecule has 1 aliphatic heterocycles. The largest absolute Gasteiger partial charge is 0.497 e. The lowest BCUT2D eigenvalue weighted by atomic mass is 10.2. The summed E-state index contributed by atoms with van der Waals surface area (Å²) in [4.78, 5) is 29.4. The molecule has 1 saturated heterocycles. The van der Waals surface area contributed by atoms with Crippen molar-refractivity contribution in [3.63, 3.8) is 0 Å². The summed E-state index contributed by atoms with van der Waals surface area (Å²) in [6, 6.07) is 18.8. The van der Waals surface area contributed by atoms with Gasteiger partial charge in [-0.3, -0.25) is 14.5 Å². The third kappa shape index (κ3) is 5.96. The molecule has 0 unspecified atom stereocenters. The number of methoxy groups -OCH3 is 1. The second-order valence-electron chi connectivity index (χ2n) is 7.00. The van der Waals surface area contributed by atoms with Crippen LogP contribution in [0.25, 0.3) is 6.08 Å². The van der Waals surface area contributed by atoms with Gasteiger partial charge in [0.05, 0.1) is 24.5 Å². The van der Waals surface area contributed by atoms with E-state index in [1.54, 1.807) is 23.0 Å². The van der Waals surface area contributed by atoms with E-state index >= 15 is 0 Å². The van der Waals surface area contributed by atoms with Crippen LogP contribution in [0.5, 0.6) is 5.75 Å². The van der Waals surface area contributed by atoms with E-state index < -0.39 is 0 Å². The second-order valence-corrected chi connectivity index (χ2v) is 8.68. The number of anilines is 1. The number of nitrogens with zero attached hydrogens (tertiary/aromatic N) is 3. The number of thioether (sulfide) groups is 1. The van der Waals surface area contributed by atoms with Crippen LogP contribution in [-0.4, -0.2) is 41.2 Å². The van der Waals surface area contributed by atoms with Crippen molar-refractivity contribution in [3.8, 4) is 11.8 Å². The zero-order valence-electron chi connectivity index (χ0n) is 17.7. The van der Waals surface area contributed by atoms with Crippen molar-refractivity contribution in [2.75, 3.05) is 25.1 Å². The van der Waals surface area contributed by atoms with E-state index in [-0.39, 0.29) is 24.7 Å². The average Bonchev–Trinajstić information content (AvgIpc) is 3.07. The predicted octanol–water partition coefficient (Wildman–Crippen LogP) is 4.62. The summed E-state index contributed by atoms with van der Waals surface area (Å²) in [5.41, 5.74) is 1.62. The Kier molecular flexibility index (Phi) is 8.42. The van der Waals surface area contributed by atoms with Gasteiger partial charge in [-0.05, 0) is 42.3 Å². The second kappa shape index (κ2) is 11.5. The van der Waals surface area contributed by atoms with Gasteiger partial charge in [0.2, 0.25) is 5.91 Å². The number of ether oxygens (including phenoxy) is 1. The monoisotopic (exact) mass is 465 g/mol. The van der Waals surface area contributed by atoms with Gasteiger partial charge in [-0.25, -0.2) is 0 Å². The van der Waals surface area contributed by atoms with E-state index in [4.69, 9.17) is 22.2 Å². The van der Waals surface area contributed by atoms with Gasteiger partial charge in [-0.2, -0.15) is 5.26 Å². The molecule has 1 fully saturated rings. The van der Waals surface area contributed by atoms with Crippen molar-refractivity contribution in [3.05, 3.63) is 65.1 Å². The highest BCUT2D eigenvalue weighted by atomic mass is 32.2.